The van der Waals surface area contributed by atoms with Gasteiger partial charge in [0.25, 0.3) is 0 Å². The van der Waals surface area contributed by atoms with Gasteiger partial charge in [0, 0.05) is 0 Å². The number of rotatable bonds is 6. The van der Waals surface area contributed by atoms with Crippen molar-refractivity contribution >= 4 is 6.29 Å². The zero-order valence-electron chi connectivity index (χ0n) is 9.94. The minimum atomic E-state index is -1.75. The lowest BCUT2D eigenvalue weighted by Gasteiger charge is -2.37. The predicted octanol–water partition coefficient (Wildman–Crippen LogP) is -4.28. The van der Waals surface area contributed by atoms with Gasteiger partial charge in [0.05, 0.1) is 13.2 Å². The Labute approximate surface area is 108 Å². The minimum absolute atomic E-state index is 0.0873. The van der Waals surface area contributed by atoms with Crippen molar-refractivity contribution in [3.05, 3.63) is 0 Å². The molecule has 0 aromatic carbocycles. The summed E-state index contributed by atoms with van der Waals surface area (Å²) in [7, 11) is 0. The Bertz CT molecular complexity index is 286. The smallest absolute Gasteiger partial charge is 0.186 e. The van der Waals surface area contributed by atoms with Crippen LogP contribution in [-0.4, -0.2) is 93.1 Å². The molecule has 1 aliphatic rings. The molecule has 19 heavy (non-hydrogen) atoms. The summed E-state index contributed by atoms with van der Waals surface area (Å²) in [5, 5.41) is 55.8. The first-order valence-corrected chi connectivity index (χ1v) is 5.66. The molecule has 0 unspecified atom stereocenters. The molecule has 0 radical (unpaired) electrons. The van der Waals surface area contributed by atoms with E-state index in [0.717, 1.165) is 0 Å². The molecule has 0 aromatic heterocycles. The molecule has 0 spiro atoms. The van der Waals surface area contributed by atoms with Crippen molar-refractivity contribution in [2.75, 3.05) is 13.2 Å². The Morgan fingerprint density at radius 3 is 2.42 bits per heavy atom. The third-order valence-electron chi connectivity index (χ3n) is 2.79. The zero-order valence-corrected chi connectivity index (χ0v) is 9.94. The second-order valence-electron chi connectivity index (χ2n) is 4.23. The third-order valence-corrected chi connectivity index (χ3v) is 2.79. The summed E-state index contributed by atoms with van der Waals surface area (Å²) in [6.45, 7) is -1.12. The van der Waals surface area contributed by atoms with Crippen LogP contribution < -0.4 is 0 Å². The molecule has 0 bridgehead atoms. The molecule has 0 aliphatic carbocycles. The minimum Gasteiger partial charge on any atom is -0.394 e. The first kappa shape index (κ1) is 16.4. The molecule has 9 nitrogen and oxygen atoms in total. The van der Waals surface area contributed by atoms with Crippen LogP contribution in [0.2, 0.25) is 0 Å². The van der Waals surface area contributed by atoms with Crippen LogP contribution in [0.15, 0.2) is 0 Å². The van der Waals surface area contributed by atoms with Gasteiger partial charge >= 0.3 is 0 Å². The average molecular weight is 282 g/mol. The number of carbonyl (C=O) groups is 1. The van der Waals surface area contributed by atoms with Gasteiger partial charge < -0.3 is 44.9 Å². The maximum absolute atomic E-state index is 10.5. The van der Waals surface area contributed by atoms with Crippen LogP contribution >= 0.6 is 0 Å². The van der Waals surface area contributed by atoms with Crippen LogP contribution in [-0.2, 0) is 14.3 Å². The Balaban J connectivity index is 2.70. The first-order chi connectivity index (χ1) is 8.92. The maximum Gasteiger partial charge on any atom is 0.186 e. The van der Waals surface area contributed by atoms with E-state index in [1.54, 1.807) is 0 Å². The van der Waals surface area contributed by atoms with Crippen molar-refractivity contribution in [1.82, 2.24) is 0 Å². The molecule has 0 amide bonds. The van der Waals surface area contributed by atoms with E-state index in [1.165, 1.54) is 0 Å². The number of hydrogen-bond donors (Lipinski definition) is 6. The summed E-state index contributed by atoms with van der Waals surface area (Å²) in [6, 6.07) is 0. The number of carbonyl (C=O) groups excluding carboxylic acids is 1. The van der Waals surface area contributed by atoms with Crippen LogP contribution in [0.3, 0.4) is 0 Å². The molecule has 112 valence electrons. The van der Waals surface area contributed by atoms with E-state index in [-0.39, 0.29) is 12.9 Å². The lowest BCUT2D eigenvalue weighted by atomic mass is 10.0. The van der Waals surface area contributed by atoms with Gasteiger partial charge in [0.2, 0.25) is 0 Å². The number of ether oxygens (including phenoxy) is 2. The fourth-order valence-corrected chi connectivity index (χ4v) is 1.63. The summed E-state index contributed by atoms with van der Waals surface area (Å²) < 4.78 is 9.88. The van der Waals surface area contributed by atoms with E-state index >= 15 is 0 Å². The van der Waals surface area contributed by atoms with Crippen molar-refractivity contribution < 1.29 is 44.9 Å². The maximum atomic E-state index is 10.5. The summed E-state index contributed by atoms with van der Waals surface area (Å²) in [6.07, 6.45) is -10.7. The lowest BCUT2D eigenvalue weighted by molar-refractivity contribution is -0.297. The zero-order chi connectivity index (χ0) is 14.6. The van der Waals surface area contributed by atoms with Crippen molar-refractivity contribution in [2.45, 2.75) is 42.9 Å². The molecular formula is C10H18O9. The Kier molecular flexibility index (Phi) is 6.23. The Hall–Kier alpha value is -0.650. The van der Waals surface area contributed by atoms with E-state index in [1.807, 2.05) is 0 Å². The van der Waals surface area contributed by atoms with Gasteiger partial charge in [-0.3, -0.25) is 0 Å². The Morgan fingerprint density at radius 1 is 1.26 bits per heavy atom. The van der Waals surface area contributed by atoms with E-state index in [0.29, 0.717) is 0 Å². The second-order valence-corrected chi connectivity index (χ2v) is 4.23. The Morgan fingerprint density at radius 2 is 1.89 bits per heavy atom. The van der Waals surface area contributed by atoms with Gasteiger partial charge in [0.1, 0.15) is 36.6 Å². The number of aldehydes is 1. The molecule has 1 rings (SSSR count). The van der Waals surface area contributed by atoms with Gasteiger partial charge in [-0.2, -0.15) is 0 Å². The lowest BCUT2D eigenvalue weighted by Crippen LogP contribution is -2.56. The average Bonchev–Trinajstić information content (AvgIpc) is 2.42. The molecule has 1 fully saturated rings. The topological polar surface area (TPSA) is 157 Å². The largest absolute Gasteiger partial charge is 0.394 e. The van der Waals surface area contributed by atoms with Gasteiger partial charge in [-0.05, 0) is 0 Å². The highest BCUT2D eigenvalue weighted by Crippen LogP contribution is 2.19. The van der Waals surface area contributed by atoms with Crippen molar-refractivity contribution in [2.24, 2.45) is 0 Å². The monoisotopic (exact) mass is 282 g/mol. The molecule has 1 saturated heterocycles. The van der Waals surface area contributed by atoms with Crippen molar-refractivity contribution in [3.63, 3.8) is 0 Å². The van der Waals surface area contributed by atoms with Crippen LogP contribution in [0.5, 0.6) is 0 Å². The van der Waals surface area contributed by atoms with Crippen LogP contribution in [0.4, 0.5) is 0 Å². The molecule has 6 N–H and O–H groups in total. The van der Waals surface area contributed by atoms with Gasteiger partial charge in [-0.25, -0.2) is 0 Å². The number of aliphatic hydroxyl groups is 6. The van der Waals surface area contributed by atoms with Gasteiger partial charge in [0.15, 0.2) is 12.6 Å². The summed E-state index contributed by atoms with van der Waals surface area (Å²) >= 11 is 0. The van der Waals surface area contributed by atoms with Crippen LogP contribution in [0.1, 0.15) is 0 Å². The molecule has 7 atom stereocenters. The summed E-state index contributed by atoms with van der Waals surface area (Å²) in [4.78, 5) is 10.5. The fourth-order valence-electron chi connectivity index (χ4n) is 1.63. The van der Waals surface area contributed by atoms with E-state index in [9.17, 15) is 30.3 Å². The van der Waals surface area contributed by atoms with Gasteiger partial charge in [-0.15, -0.1) is 0 Å². The fraction of sp³-hybridized carbons (Fsp3) is 0.900. The van der Waals surface area contributed by atoms with E-state index in [2.05, 4.69) is 0 Å². The highest BCUT2D eigenvalue weighted by Gasteiger charge is 2.41. The van der Waals surface area contributed by atoms with Gasteiger partial charge in [-0.1, -0.05) is 0 Å². The second kappa shape index (κ2) is 7.22. The third kappa shape index (κ3) is 3.91. The number of hydrogen-bond acceptors (Lipinski definition) is 9. The highest BCUT2D eigenvalue weighted by molar-refractivity contribution is 5.56. The molecule has 1 heterocycles. The van der Waals surface area contributed by atoms with Crippen LogP contribution in [0, 0.1) is 0 Å². The summed E-state index contributed by atoms with van der Waals surface area (Å²) in [5.74, 6) is 0. The number of aliphatic hydroxyl groups excluding tert-OH is 6. The quantitative estimate of drug-likeness (QED) is 0.265. The van der Waals surface area contributed by atoms with E-state index in [4.69, 9.17) is 14.6 Å². The molecular weight excluding hydrogens is 264 g/mol. The summed E-state index contributed by atoms with van der Waals surface area (Å²) in [5.41, 5.74) is 0. The van der Waals surface area contributed by atoms with Crippen LogP contribution in [0.25, 0.3) is 0 Å². The highest BCUT2D eigenvalue weighted by atomic mass is 16.7. The normalized spacial score (nSPS) is 36.5. The van der Waals surface area contributed by atoms with Crippen molar-refractivity contribution in [1.29, 1.82) is 0 Å². The predicted molar refractivity (Wildman–Crippen MR) is 57.8 cm³/mol. The molecule has 0 aromatic rings. The van der Waals surface area contributed by atoms with E-state index < -0.39 is 49.5 Å². The van der Waals surface area contributed by atoms with Crippen molar-refractivity contribution in [3.8, 4) is 0 Å². The molecule has 0 saturated carbocycles. The molecule has 1 aliphatic heterocycles. The standard InChI is InChI=1S/C10H18O9/c11-1-4(13)9(5(14)2-12)19-10-8(17)7(16)6(15)3-18-10/h1,4-10,12-17H,2-3H2/t4-,5+,6+,7-,8+,9+,10-/m0/s1. The SMILES string of the molecule is O=C[C@H](O)[C@@H](O[C@@H]1OC[C@@H](O)[C@H](O)[C@H]1O)[C@H](O)CO. The first-order valence-electron chi connectivity index (χ1n) is 5.66. The molecule has 9 heteroatoms.